The van der Waals surface area contributed by atoms with Gasteiger partial charge in [-0.25, -0.2) is 9.97 Å². The average Bonchev–Trinajstić information content (AvgIpc) is 2.83. The third-order valence-corrected chi connectivity index (χ3v) is 4.22. The van der Waals surface area contributed by atoms with E-state index in [4.69, 9.17) is 11.6 Å². The van der Waals surface area contributed by atoms with E-state index >= 15 is 0 Å². The van der Waals surface area contributed by atoms with Crippen LogP contribution in [-0.4, -0.2) is 9.97 Å². The van der Waals surface area contributed by atoms with Crippen LogP contribution >= 0.6 is 22.9 Å². The molecule has 2 heterocycles. The summed E-state index contributed by atoms with van der Waals surface area (Å²) in [5, 5.41) is 0.552. The zero-order chi connectivity index (χ0) is 15.2. The second-order valence-electron chi connectivity index (χ2n) is 4.48. The van der Waals surface area contributed by atoms with Crippen LogP contribution in [0.15, 0.2) is 30.3 Å². The van der Waals surface area contributed by atoms with Crippen molar-refractivity contribution < 1.29 is 13.2 Å². The Hall–Kier alpha value is -1.66. The molecule has 108 valence electrons. The number of fused-ring (bicyclic) bond motifs is 1. The maximum atomic E-state index is 12.8. The molecular formula is C14H8ClF3N2S. The lowest BCUT2D eigenvalue weighted by Crippen LogP contribution is -2.05. The maximum absolute atomic E-state index is 12.8. The summed E-state index contributed by atoms with van der Waals surface area (Å²) in [5.74, 6) is 0.338. The normalized spacial score (nSPS) is 12.0. The van der Waals surface area contributed by atoms with Gasteiger partial charge in [0, 0.05) is 10.3 Å². The largest absolute Gasteiger partial charge is 0.416 e. The molecule has 21 heavy (non-hydrogen) atoms. The molecule has 0 N–H and O–H groups in total. The van der Waals surface area contributed by atoms with E-state index in [1.54, 1.807) is 0 Å². The van der Waals surface area contributed by atoms with E-state index in [0.717, 1.165) is 21.9 Å². The molecule has 3 rings (SSSR count). The number of hydrogen-bond acceptors (Lipinski definition) is 3. The number of rotatable bonds is 1. The molecule has 3 aromatic rings. The van der Waals surface area contributed by atoms with Gasteiger partial charge in [0.05, 0.1) is 16.0 Å². The minimum Gasteiger partial charge on any atom is -0.227 e. The van der Waals surface area contributed by atoms with Crippen LogP contribution in [0.1, 0.15) is 10.4 Å². The van der Waals surface area contributed by atoms with Gasteiger partial charge in [-0.05, 0) is 37.3 Å². The fourth-order valence-electron chi connectivity index (χ4n) is 1.93. The molecule has 0 spiro atoms. The van der Waals surface area contributed by atoms with Crippen LogP contribution in [-0.2, 0) is 6.18 Å². The number of halogens is 4. The van der Waals surface area contributed by atoms with E-state index in [-0.39, 0.29) is 10.7 Å². The molecule has 7 heteroatoms. The van der Waals surface area contributed by atoms with Crippen molar-refractivity contribution in [3.05, 3.63) is 45.9 Å². The summed E-state index contributed by atoms with van der Waals surface area (Å²) in [6.45, 7) is 1.93. The van der Waals surface area contributed by atoms with Crippen molar-refractivity contribution in [1.29, 1.82) is 0 Å². The summed E-state index contributed by atoms with van der Waals surface area (Å²) in [6, 6.07) is 6.99. The molecule has 0 aliphatic heterocycles. The Bertz CT molecular complexity index is 827. The van der Waals surface area contributed by atoms with Gasteiger partial charge in [-0.3, -0.25) is 0 Å². The maximum Gasteiger partial charge on any atom is 0.416 e. The van der Waals surface area contributed by atoms with E-state index < -0.39 is 11.7 Å². The molecule has 2 nitrogen and oxygen atoms in total. The molecule has 0 aliphatic carbocycles. The summed E-state index contributed by atoms with van der Waals surface area (Å²) in [4.78, 5) is 10.2. The van der Waals surface area contributed by atoms with Crippen LogP contribution in [0, 0.1) is 6.92 Å². The number of thiophene rings is 1. The quantitative estimate of drug-likeness (QED) is 0.563. The van der Waals surface area contributed by atoms with Gasteiger partial charge in [-0.1, -0.05) is 11.6 Å². The predicted molar refractivity (Wildman–Crippen MR) is 77.6 cm³/mol. The molecule has 0 bridgehead atoms. The van der Waals surface area contributed by atoms with Crippen molar-refractivity contribution in [3.63, 3.8) is 0 Å². The zero-order valence-corrected chi connectivity index (χ0v) is 12.3. The molecule has 0 saturated carbocycles. The van der Waals surface area contributed by atoms with Crippen LogP contribution < -0.4 is 0 Å². The Morgan fingerprint density at radius 1 is 1.10 bits per heavy atom. The van der Waals surface area contributed by atoms with Gasteiger partial charge < -0.3 is 0 Å². The fraction of sp³-hybridized carbons (Fsp3) is 0.143. The van der Waals surface area contributed by atoms with E-state index in [1.807, 2.05) is 19.1 Å². The molecular weight excluding hydrogens is 321 g/mol. The fourth-order valence-corrected chi connectivity index (χ4v) is 2.97. The summed E-state index contributed by atoms with van der Waals surface area (Å²) in [5.41, 5.74) is -0.566. The van der Waals surface area contributed by atoms with Crippen LogP contribution in [0.5, 0.6) is 0 Å². The van der Waals surface area contributed by atoms with Gasteiger partial charge in [0.25, 0.3) is 0 Å². The van der Waals surface area contributed by atoms with Crippen molar-refractivity contribution in [1.82, 2.24) is 9.97 Å². The van der Waals surface area contributed by atoms with Gasteiger partial charge >= 0.3 is 6.18 Å². The highest BCUT2D eigenvalue weighted by Gasteiger charge is 2.30. The first kappa shape index (κ1) is 14.3. The first-order valence-corrected chi connectivity index (χ1v) is 7.15. The Balaban J connectivity index is 2.21. The van der Waals surface area contributed by atoms with Crippen LogP contribution in [0.3, 0.4) is 0 Å². The van der Waals surface area contributed by atoms with Crippen molar-refractivity contribution in [2.75, 3.05) is 0 Å². The number of hydrogen-bond donors (Lipinski definition) is 0. The highest BCUT2D eigenvalue weighted by atomic mass is 35.5. The first-order valence-electron chi connectivity index (χ1n) is 5.96. The average molecular weight is 329 g/mol. The Kier molecular flexibility index (Phi) is 3.37. The van der Waals surface area contributed by atoms with Crippen molar-refractivity contribution in [3.8, 4) is 10.7 Å². The monoisotopic (exact) mass is 328 g/mol. The third kappa shape index (κ3) is 2.73. The van der Waals surface area contributed by atoms with Crippen LogP contribution in [0.25, 0.3) is 21.6 Å². The molecule has 0 saturated heterocycles. The smallest absolute Gasteiger partial charge is 0.227 e. The number of benzene rings is 1. The highest BCUT2D eigenvalue weighted by Crippen LogP contribution is 2.34. The SMILES string of the molecule is Cc1ccc(-c2nc(Cl)c3ccc(C(F)(F)F)cc3n2)s1. The zero-order valence-electron chi connectivity index (χ0n) is 10.7. The Labute approximate surface area is 127 Å². The van der Waals surface area contributed by atoms with Gasteiger partial charge in [0.15, 0.2) is 5.82 Å². The molecule has 0 fully saturated rings. The van der Waals surface area contributed by atoms with Gasteiger partial charge in [-0.2, -0.15) is 13.2 Å². The molecule has 0 aliphatic rings. The van der Waals surface area contributed by atoms with Gasteiger partial charge in [-0.15, -0.1) is 11.3 Å². The Morgan fingerprint density at radius 3 is 2.48 bits per heavy atom. The summed E-state index contributed by atoms with van der Waals surface area (Å²) >= 11 is 7.52. The lowest BCUT2D eigenvalue weighted by atomic mass is 10.1. The summed E-state index contributed by atoms with van der Waals surface area (Å²) in [7, 11) is 0. The van der Waals surface area contributed by atoms with Crippen molar-refractivity contribution in [2.45, 2.75) is 13.1 Å². The van der Waals surface area contributed by atoms with E-state index in [0.29, 0.717) is 11.2 Å². The standard InChI is InChI=1S/C14H8ClF3N2S/c1-7-2-5-11(21-7)13-19-10-6-8(14(16,17)18)3-4-9(10)12(15)20-13/h2-6H,1H3. The first-order chi connectivity index (χ1) is 9.84. The van der Waals surface area contributed by atoms with E-state index in [2.05, 4.69) is 9.97 Å². The number of alkyl halides is 3. The molecule has 0 unspecified atom stereocenters. The summed E-state index contributed by atoms with van der Waals surface area (Å²) in [6.07, 6.45) is -4.41. The predicted octanol–water partition coefficient (Wildman–Crippen LogP) is 5.34. The molecule has 2 aromatic heterocycles. The van der Waals surface area contributed by atoms with Crippen molar-refractivity contribution >= 4 is 33.8 Å². The van der Waals surface area contributed by atoms with E-state index in [9.17, 15) is 13.2 Å². The second-order valence-corrected chi connectivity index (χ2v) is 6.12. The summed E-state index contributed by atoms with van der Waals surface area (Å²) < 4.78 is 38.3. The van der Waals surface area contributed by atoms with Gasteiger partial charge in [0.2, 0.25) is 0 Å². The number of aryl methyl sites for hydroxylation is 1. The molecule has 0 radical (unpaired) electrons. The van der Waals surface area contributed by atoms with Crippen LogP contribution in [0.2, 0.25) is 5.15 Å². The van der Waals surface area contributed by atoms with E-state index in [1.165, 1.54) is 17.4 Å². The lowest BCUT2D eigenvalue weighted by molar-refractivity contribution is -0.137. The molecule has 0 atom stereocenters. The topological polar surface area (TPSA) is 25.8 Å². The van der Waals surface area contributed by atoms with Gasteiger partial charge in [0.1, 0.15) is 5.15 Å². The second kappa shape index (κ2) is 4.96. The van der Waals surface area contributed by atoms with Crippen LogP contribution in [0.4, 0.5) is 13.2 Å². The lowest BCUT2D eigenvalue weighted by Gasteiger charge is -2.08. The highest BCUT2D eigenvalue weighted by molar-refractivity contribution is 7.15. The minimum atomic E-state index is -4.41. The number of nitrogens with zero attached hydrogens (tertiary/aromatic N) is 2. The minimum absolute atomic E-state index is 0.148. The Morgan fingerprint density at radius 2 is 1.86 bits per heavy atom. The molecule has 1 aromatic carbocycles. The number of aromatic nitrogens is 2. The third-order valence-electron chi connectivity index (χ3n) is 2.94. The van der Waals surface area contributed by atoms with Crippen molar-refractivity contribution in [2.24, 2.45) is 0 Å². The molecule has 0 amide bonds.